The van der Waals surface area contributed by atoms with E-state index >= 15 is 0 Å². The molecule has 0 atom stereocenters. The minimum absolute atomic E-state index is 0.155. The summed E-state index contributed by atoms with van der Waals surface area (Å²) in [5, 5.41) is 3.83. The summed E-state index contributed by atoms with van der Waals surface area (Å²) in [7, 11) is 0. The molecule has 4 aromatic rings. The molecular weight excluding hydrogens is 471 g/mol. The molecule has 0 aliphatic carbocycles. The molecule has 1 heterocycles. The lowest BCUT2D eigenvalue weighted by Gasteiger charge is -2.22. The first-order valence-corrected chi connectivity index (χ1v) is 11.5. The number of carbonyl (C=O) groups excluding carboxylic acids is 1. The van der Waals surface area contributed by atoms with Gasteiger partial charge in [0.25, 0.3) is 5.56 Å². The van der Waals surface area contributed by atoms with E-state index in [1.54, 1.807) is 47.4 Å². The molecule has 180 valence electrons. The summed E-state index contributed by atoms with van der Waals surface area (Å²) in [6, 6.07) is 17.6. The third-order valence-corrected chi connectivity index (χ3v) is 5.49. The van der Waals surface area contributed by atoms with Crippen molar-refractivity contribution >= 4 is 28.5 Å². The maximum Gasteiger partial charge on any atom is 0.318 e. The third kappa shape index (κ3) is 6.36. The van der Waals surface area contributed by atoms with Crippen LogP contribution in [0, 0.1) is 5.82 Å². The summed E-state index contributed by atoms with van der Waals surface area (Å²) in [4.78, 5) is 34.1. The Morgan fingerprint density at radius 3 is 2.46 bits per heavy atom. The van der Waals surface area contributed by atoms with Gasteiger partial charge in [-0.1, -0.05) is 30.7 Å². The van der Waals surface area contributed by atoms with Crippen LogP contribution in [0.25, 0.3) is 10.9 Å². The maximum atomic E-state index is 13.0. The quantitative estimate of drug-likeness (QED) is 0.332. The number of hydrogen-bond donors (Lipinski definition) is 2. The van der Waals surface area contributed by atoms with Crippen LogP contribution in [-0.2, 0) is 13.1 Å². The fourth-order valence-electron chi connectivity index (χ4n) is 3.54. The molecule has 0 aliphatic rings. The number of fused-ring (bicyclic) bond motifs is 1. The number of nitrogens with one attached hydrogen (secondary N) is 2. The number of rotatable bonds is 8. The van der Waals surface area contributed by atoms with E-state index in [1.807, 2.05) is 19.1 Å². The van der Waals surface area contributed by atoms with Gasteiger partial charge in [-0.15, -0.1) is 0 Å². The highest BCUT2D eigenvalue weighted by Gasteiger charge is 2.15. The first-order chi connectivity index (χ1) is 16.9. The number of carbonyl (C=O) groups is 1. The minimum Gasteiger partial charge on any atom is -0.457 e. The van der Waals surface area contributed by atoms with Gasteiger partial charge in [0.05, 0.1) is 17.4 Å². The molecule has 0 saturated heterocycles. The molecule has 1 aromatic heterocycles. The van der Waals surface area contributed by atoms with Gasteiger partial charge >= 0.3 is 6.03 Å². The van der Waals surface area contributed by atoms with E-state index in [2.05, 4.69) is 15.3 Å². The number of aromatic amines is 1. The molecule has 0 spiro atoms. The normalized spacial score (nSPS) is 10.8. The van der Waals surface area contributed by atoms with E-state index < -0.39 is 0 Å². The Hall–Kier alpha value is -3.91. The Bertz CT molecular complexity index is 1370. The van der Waals surface area contributed by atoms with E-state index in [0.29, 0.717) is 46.3 Å². The summed E-state index contributed by atoms with van der Waals surface area (Å²) >= 11 is 6.04. The summed E-state index contributed by atoms with van der Waals surface area (Å²) in [6.45, 7) is 2.93. The number of H-pyrrole nitrogens is 1. The number of halogens is 2. The van der Waals surface area contributed by atoms with Crippen molar-refractivity contribution < 1.29 is 13.9 Å². The molecular formula is C26H24ClFN4O3. The summed E-state index contributed by atoms with van der Waals surface area (Å²) < 4.78 is 18.7. The van der Waals surface area contributed by atoms with E-state index in [1.165, 1.54) is 12.1 Å². The highest BCUT2D eigenvalue weighted by molar-refractivity contribution is 6.31. The van der Waals surface area contributed by atoms with E-state index in [4.69, 9.17) is 16.3 Å². The number of aromatic nitrogens is 2. The second-order valence-electron chi connectivity index (χ2n) is 7.95. The number of urea groups is 1. The summed E-state index contributed by atoms with van der Waals surface area (Å²) in [6.07, 6.45) is 0.743. The lowest BCUT2D eigenvalue weighted by atomic mass is 10.2. The van der Waals surface area contributed by atoms with Crippen molar-refractivity contribution in [2.24, 2.45) is 0 Å². The lowest BCUT2D eigenvalue weighted by molar-refractivity contribution is 0.193. The predicted molar refractivity (Wildman–Crippen MR) is 133 cm³/mol. The molecule has 9 heteroatoms. The van der Waals surface area contributed by atoms with Crippen LogP contribution in [0.5, 0.6) is 11.5 Å². The van der Waals surface area contributed by atoms with Crippen LogP contribution in [0.15, 0.2) is 71.5 Å². The number of hydrogen-bond acceptors (Lipinski definition) is 4. The third-order valence-electron chi connectivity index (χ3n) is 5.26. The van der Waals surface area contributed by atoms with Crippen molar-refractivity contribution in [1.29, 1.82) is 0 Å². The van der Waals surface area contributed by atoms with Crippen molar-refractivity contribution in [3.63, 3.8) is 0 Å². The summed E-state index contributed by atoms with van der Waals surface area (Å²) in [5.74, 6) is 1.19. The standard InChI is InChI=1S/C26H24ClFN4O3/c1-2-13-32(16-24-30-23-14-18(27)5-12-22(23)25(33)31-24)26(34)29-15-17-3-8-20(9-4-17)35-21-10-6-19(28)7-11-21/h3-12,14H,2,13,15-16H2,1H3,(H,29,34)(H,30,31,33). The maximum absolute atomic E-state index is 13.0. The van der Waals surface area contributed by atoms with Gasteiger partial charge in [0.1, 0.15) is 23.1 Å². The van der Waals surface area contributed by atoms with Gasteiger partial charge in [-0.05, 0) is 66.6 Å². The molecule has 0 radical (unpaired) electrons. The van der Waals surface area contributed by atoms with Crippen LogP contribution in [0.4, 0.5) is 9.18 Å². The molecule has 3 aromatic carbocycles. The second kappa shape index (κ2) is 11.0. The van der Waals surface area contributed by atoms with Gasteiger partial charge < -0.3 is 19.9 Å². The van der Waals surface area contributed by atoms with Gasteiger partial charge in [0.15, 0.2) is 0 Å². The SMILES string of the molecule is CCCN(Cc1nc2cc(Cl)ccc2c(=O)[nH]1)C(=O)NCc1ccc(Oc2ccc(F)cc2)cc1. The molecule has 35 heavy (non-hydrogen) atoms. The van der Waals surface area contributed by atoms with Crippen molar-refractivity contribution in [2.75, 3.05) is 6.54 Å². The first kappa shape index (κ1) is 24.2. The van der Waals surface area contributed by atoms with Gasteiger partial charge in [-0.2, -0.15) is 0 Å². The Kier molecular flexibility index (Phi) is 7.62. The van der Waals surface area contributed by atoms with E-state index in [9.17, 15) is 14.0 Å². The molecule has 0 unspecified atom stereocenters. The zero-order chi connectivity index (χ0) is 24.8. The number of ether oxygens (including phenoxy) is 1. The van der Waals surface area contributed by atoms with Gasteiger partial charge in [0.2, 0.25) is 0 Å². The monoisotopic (exact) mass is 494 g/mol. The fourth-order valence-corrected chi connectivity index (χ4v) is 3.71. The largest absolute Gasteiger partial charge is 0.457 e. The Labute approximate surface area is 206 Å². The molecule has 0 bridgehead atoms. The van der Waals surface area contributed by atoms with Gasteiger partial charge in [-0.25, -0.2) is 14.2 Å². The van der Waals surface area contributed by atoms with Crippen LogP contribution >= 0.6 is 11.6 Å². The molecule has 2 N–H and O–H groups in total. The second-order valence-corrected chi connectivity index (χ2v) is 8.39. The molecule has 0 saturated carbocycles. The topological polar surface area (TPSA) is 87.3 Å². The zero-order valence-corrected chi connectivity index (χ0v) is 19.8. The lowest BCUT2D eigenvalue weighted by Crippen LogP contribution is -2.40. The van der Waals surface area contributed by atoms with Gasteiger partial charge in [-0.3, -0.25) is 4.79 Å². The molecule has 7 nitrogen and oxygen atoms in total. The van der Waals surface area contributed by atoms with Crippen molar-refractivity contribution in [3.8, 4) is 11.5 Å². The molecule has 0 aliphatic heterocycles. The Morgan fingerprint density at radius 1 is 1.09 bits per heavy atom. The average Bonchev–Trinajstić information content (AvgIpc) is 2.84. The van der Waals surface area contributed by atoms with Crippen molar-refractivity contribution in [1.82, 2.24) is 20.2 Å². The Balaban J connectivity index is 1.38. The fraction of sp³-hybridized carbons (Fsp3) is 0.192. The van der Waals surface area contributed by atoms with Crippen LogP contribution in [0.3, 0.4) is 0 Å². The molecule has 2 amide bonds. The average molecular weight is 495 g/mol. The highest BCUT2D eigenvalue weighted by Crippen LogP contribution is 2.22. The Morgan fingerprint density at radius 2 is 1.77 bits per heavy atom. The molecule has 0 fully saturated rings. The summed E-state index contributed by atoms with van der Waals surface area (Å²) in [5.41, 5.74) is 1.09. The van der Waals surface area contributed by atoms with Gasteiger partial charge in [0, 0.05) is 18.1 Å². The van der Waals surface area contributed by atoms with E-state index in [-0.39, 0.29) is 24.0 Å². The number of benzene rings is 3. The van der Waals surface area contributed by atoms with Crippen LogP contribution in [0.1, 0.15) is 24.7 Å². The molecule has 4 rings (SSSR count). The first-order valence-electron chi connectivity index (χ1n) is 11.1. The van der Waals surface area contributed by atoms with Crippen LogP contribution in [0.2, 0.25) is 5.02 Å². The van der Waals surface area contributed by atoms with E-state index in [0.717, 1.165) is 12.0 Å². The van der Waals surface area contributed by atoms with Crippen molar-refractivity contribution in [3.05, 3.63) is 99.3 Å². The van der Waals surface area contributed by atoms with Crippen LogP contribution < -0.4 is 15.6 Å². The number of nitrogens with zero attached hydrogens (tertiary/aromatic N) is 2. The van der Waals surface area contributed by atoms with Crippen LogP contribution in [-0.4, -0.2) is 27.4 Å². The highest BCUT2D eigenvalue weighted by atomic mass is 35.5. The number of amides is 2. The smallest absolute Gasteiger partial charge is 0.318 e. The minimum atomic E-state index is -0.326. The predicted octanol–water partition coefficient (Wildman–Crippen LogP) is 5.63. The zero-order valence-electron chi connectivity index (χ0n) is 19.1. The van der Waals surface area contributed by atoms with Crippen molar-refractivity contribution in [2.45, 2.75) is 26.4 Å².